The van der Waals surface area contributed by atoms with Gasteiger partial charge in [-0.2, -0.15) is 0 Å². The fourth-order valence-corrected chi connectivity index (χ4v) is 0.965. The summed E-state index contributed by atoms with van der Waals surface area (Å²) in [5.74, 6) is 0. The van der Waals surface area contributed by atoms with E-state index in [1.54, 1.807) is 0 Å². The number of pyridine rings is 1. The van der Waals surface area contributed by atoms with Gasteiger partial charge in [-0.1, -0.05) is 11.6 Å². The maximum absolute atomic E-state index is 12.1. The Labute approximate surface area is 72.2 Å². The first-order valence-electron chi connectivity index (χ1n) is 3.04. The van der Waals surface area contributed by atoms with Gasteiger partial charge in [0.25, 0.3) is 6.43 Å². The normalized spacial score (nSPS) is 10.3. The van der Waals surface area contributed by atoms with E-state index in [0.29, 0.717) is 6.29 Å². The molecule has 0 amide bonds. The average molecular weight is 192 g/mol. The van der Waals surface area contributed by atoms with Gasteiger partial charge in [0, 0.05) is 11.8 Å². The number of carbonyl (C=O) groups excluding carboxylic acids is 1. The van der Waals surface area contributed by atoms with E-state index in [1.807, 2.05) is 0 Å². The molecule has 0 fully saturated rings. The topological polar surface area (TPSA) is 30.0 Å². The summed E-state index contributed by atoms with van der Waals surface area (Å²) in [6, 6.07) is 1.08. The van der Waals surface area contributed by atoms with E-state index in [9.17, 15) is 13.6 Å². The van der Waals surface area contributed by atoms with Crippen molar-refractivity contribution in [2.45, 2.75) is 6.43 Å². The van der Waals surface area contributed by atoms with Crippen LogP contribution < -0.4 is 0 Å². The first-order valence-corrected chi connectivity index (χ1v) is 3.42. The van der Waals surface area contributed by atoms with Gasteiger partial charge in [-0.05, 0) is 6.07 Å². The second-order valence-corrected chi connectivity index (χ2v) is 2.40. The van der Waals surface area contributed by atoms with E-state index in [0.717, 1.165) is 12.3 Å². The van der Waals surface area contributed by atoms with Crippen molar-refractivity contribution in [3.63, 3.8) is 0 Å². The van der Waals surface area contributed by atoms with Gasteiger partial charge in [0.1, 0.15) is 5.69 Å². The van der Waals surface area contributed by atoms with Gasteiger partial charge in [0.15, 0.2) is 6.29 Å². The number of halogens is 3. The summed E-state index contributed by atoms with van der Waals surface area (Å²) in [7, 11) is 0. The van der Waals surface area contributed by atoms with Crippen LogP contribution >= 0.6 is 11.6 Å². The molecule has 0 aliphatic carbocycles. The number of hydrogen-bond donors (Lipinski definition) is 0. The van der Waals surface area contributed by atoms with Crippen molar-refractivity contribution < 1.29 is 13.6 Å². The summed E-state index contributed by atoms with van der Waals surface area (Å²) in [4.78, 5) is 13.7. The molecule has 5 heteroatoms. The Balaban J connectivity index is 3.22. The number of alkyl halides is 2. The van der Waals surface area contributed by atoms with E-state index < -0.39 is 6.43 Å². The molecule has 0 aliphatic rings. The van der Waals surface area contributed by atoms with Crippen LogP contribution in [0.5, 0.6) is 0 Å². The minimum atomic E-state index is -2.68. The fourth-order valence-electron chi connectivity index (χ4n) is 0.726. The summed E-state index contributed by atoms with van der Waals surface area (Å²) >= 11 is 5.43. The lowest BCUT2D eigenvalue weighted by atomic mass is 10.2. The molecule has 0 bridgehead atoms. The monoisotopic (exact) mass is 191 g/mol. The van der Waals surface area contributed by atoms with Gasteiger partial charge in [0.05, 0.1) is 5.02 Å². The molecule has 0 radical (unpaired) electrons. The molecule has 0 aliphatic heterocycles. The molecule has 1 aromatic heterocycles. The molecule has 0 saturated carbocycles. The Morgan fingerprint density at radius 2 is 2.25 bits per heavy atom. The first-order chi connectivity index (χ1) is 5.66. The molecule has 0 atom stereocenters. The van der Waals surface area contributed by atoms with Gasteiger partial charge < -0.3 is 0 Å². The van der Waals surface area contributed by atoms with E-state index >= 15 is 0 Å². The average Bonchev–Trinajstić information content (AvgIpc) is 2.04. The van der Waals surface area contributed by atoms with E-state index in [2.05, 4.69) is 4.98 Å². The maximum Gasteiger partial charge on any atom is 0.265 e. The predicted molar refractivity (Wildman–Crippen MR) is 39.6 cm³/mol. The minimum absolute atomic E-state index is 0.158. The third-order valence-corrected chi connectivity index (χ3v) is 1.70. The van der Waals surface area contributed by atoms with Gasteiger partial charge in [-0.3, -0.25) is 9.78 Å². The van der Waals surface area contributed by atoms with Crippen LogP contribution in [-0.2, 0) is 0 Å². The fraction of sp³-hybridized carbons (Fsp3) is 0.143. The second kappa shape index (κ2) is 3.58. The van der Waals surface area contributed by atoms with Crippen LogP contribution in [0.1, 0.15) is 22.5 Å². The lowest BCUT2D eigenvalue weighted by Crippen LogP contribution is -1.93. The number of nitrogens with zero attached hydrogens (tertiary/aromatic N) is 1. The third-order valence-electron chi connectivity index (χ3n) is 1.29. The molecule has 1 heterocycles. The van der Waals surface area contributed by atoms with Crippen LogP contribution in [0.4, 0.5) is 8.78 Å². The highest BCUT2D eigenvalue weighted by Crippen LogP contribution is 2.27. The Bertz CT molecular complexity index is 303. The standard InChI is InChI=1S/C7H4ClF2NO/c8-6-4(7(9)10)1-2-11-5(6)3-12/h1-3,7H. The van der Waals surface area contributed by atoms with Gasteiger partial charge in [-0.15, -0.1) is 0 Å². The van der Waals surface area contributed by atoms with Crippen molar-refractivity contribution in [1.29, 1.82) is 0 Å². The molecule has 0 spiro atoms. The summed E-state index contributed by atoms with van der Waals surface area (Å²) in [5, 5.41) is -0.275. The zero-order chi connectivity index (χ0) is 9.14. The molecule has 0 saturated heterocycles. The highest BCUT2D eigenvalue weighted by molar-refractivity contribution is 6.33. The summed E-state index contributed by atoms with van der Waals surface area (Å²) < 4.78 is 24.2. The molecule has 12 heavy (non-hydrogen) atoms. The molecule has 1 aromatic rings. The second-order valence-electron chi connectivity index (χ2n) is 2.02. The number of rotatable bonds is 2. The van der Waals surface area contributed by atoms with Crippen LogP contribution in [0.2, 0.25) is 5.02 Å². The highest BCUT2D eigenvalue weighted by atomic mass is 35.5. The van der Waals surface area contributed by atoms with Gasteiger partial charge in [-0.25, -0.2) is 8.78 Å². The number of hydrogen-bond acceptors (Lipinski definition) is 2. The van der Waals surface area contributed by atoms with Crippen molar-refractivity contribution in [2.24, 2.45) is 0 Å². The van der Waals surface area contributed by atoms with Crippen LogP contribution in [0.25, 0.3) is 0 Å². The van der Waals surface area contributed by atoms with Crippen LogP contribution in [0.3, 0.4) is 0 Å². The SMILES string of the molecule is O=Cc1nccc(C(F)F)c1Cl. The maximum atomic E-state index is 12.1. The van der Waals surface area contributed by atoms with Gasteiger partial charge >= 0.3 is 0 Å². The molecule has 0 N–H and O–H groups in total. The van der Waals surface area contributed by atoms with E-state index in [-0.39, 0.29) is 16.3 Å². The number of carbonyl (C=O) groups is 1. The smallest absolute Gasteiger partial charge is 0.265 e. The Morgan fingerprint density at radius 1 is 1.58 bits per heavy atom. The van der Waals surface area contributed by atoms with Crippen molar-refractivity contribution in [3.05, 3.63) is 28.5 Å². The molecule has 2 nitrogen and oxygen atoms in total. The zero-order valence-corrected chi connectivity index (χ0v) is 6.55. The molecular formula is C7H4ClF2NO. The summed E-state index contributed by atoms with van der Waals surface area (Å²) in [6.07, 6.45) is -1.22. The largest absolute Gasteiger partial charge is 0.296 e. The van der Waals surface area contributed by atoms with E-state index in [4.69, 9.17) is 11.6 Å². The Morgan fingerprint density at radius 3 is 2.75 bits per heavy atom. The minimum Gasteiger partial charge on any atom is -0.296 e. The molecule has 0 unspecified atom stereocenters. The quantitative estimate of drug-likeness (QED) is 0.673. The predicted octanol–water partition coefficient (Wildman–Crippen LogP) is 2.49. The molecule has 0 aromatic carbocycles. The zero-order valence-electron chi connectivity index (χ0n) is 5.80. The molecular weight excluding hydrogens is 188 g/mol. The molecule has 64 valence electrons. The lowest BCUT2D eigenvalue weighted by Gasteiger charge is -2.02. The molecule has 1 rings (SSSR count). The third kappa shape index (κ3) is 1.58. The first kappa shape index (κ1) is 9.06. The van der Waals surface area contributed by atoms with Crippen molar-refractivity contribution in [2.75, 3.05) is 0 Å². The van der Waals surface area contributed by atoms with Crippen LogP contribution in [-0.4, -0.2) is 11.3 Å². The van der Waals surface area contributed by atoms with Crippen LogP contribution in [0, 0.1) is 0 Å². The summed E-state index contributed by atoms with van der Waals surface area (Å²) in [5.41, 5.74) is -0.525. The summed E-state index contributed by atoms with van der Waals surface area (Å²) in [6.45, 7) is 0. The van der Waals surface area contributed by atoms with Crippen molar-refractivity contribution in [1.82, 2.24) is 4.98 Å². The van der Waals surface area contributed by atoms with Crippen LogP contribution in [0.15, 0.2) is 12.3 Å². The van der Waals surface area contributed by atoms with Crippen molar-refractivity contribution in [3.8, 4) is 0 Å². The van der Waals surface area contributed by atoms with Gasteiger partial charge in [0.2, 0.25) is 0 Å². The van der Waals surface area contributed by atoms with Crippen molar-refractivity contribution >= 4 is 17.9 Å². The lowest BCUT2D eigenvalue weighted by molar-refractivity contribution is 0.111. The number of aldehydes is 1. The van der Waals surface area contributed by atoms with E-state index in [1.165, 1.54) is 0 Å². The highest BCUT2D eigenvalue weighted by Gasteiger charge is 2.14. The Hall–Kier alpha value is -1.03. The Kier molecular flexibility index (Phi) is 2.70. The number of aromatic nitrogens is 1.